The average Bonchev–Trinajstić information content (AvgIpc) is 3.04. The molecule has 0 atom stereocenters. The zero-order valence-corrected chi connectivity index (χ0v) is 15.1. The van der Waals surface area contributed by atoms with E-state index in [2.05, 4.69) is 25.6 Å². The summed E-state index contributed by atoms with van der Waals surface area (Å²) in [6, 6.07) is 14.9. The summed E-state index contributed by atoms with van der Waals surface area (Å²) in [5.41, 5.74) is 2.51. The van der Waals surface area contributed by atoms with Crippen LogP contribution in [0.4, 0.5) is 11.4 Å². The molecule has 2 aromatic rings. The van der Waals surface area contributed by atoms with Crippen LogP contribution in [0, 0.1) is 0 Å². The van der Waals surface area contributed by atoms with E-state index in [0.29, 0.717) is 5.69 Å². The van der Waals surface area contributed by atoms with Crippen molar-refractivity contribution in [3.63, 3.8) is 0 Å². The first-order chi connectivity index (χ1) is 11.0. The van der Waals surface area contributed by atoms with E-state index < -0.39 is 10.0 Å². The second kappa shape index (κ2) is 6.93. The van der Waals surface area contributed by atoms with Crippen molar-refractivity contribution in [2.24, 2.45) is 0 Å². The zero-order chi connectivity index (χ0) is 16.3. The molecule has 1 saturated heterocycles. The topological polar surface area (TPSA) is 49.4 Å². The van der Waals surface area contributed by atoms with E-state index in [1.165, 1.54) is 12.8 Å². The number of nitrogens with zero attached hydrogens (tertiary/aromatic N) is 1. The number of hydrogen-bond donors (Lipinski definition) is 1. The van der Waals surface area contributed by atoms with Gasteiger partial charge in [-0.05, 0) is 54.8 Å². The highest BCUT2D eigenvalue weighted by atomic mass is 79.9. The Labute approximate surface area is 145 Å². The summed E-state index contributed by atoms with van der Waals surface area (Å²) in [7, 11) is -3.41. The lowest BCUT2D eigenvalue weighted by Gasteiger charge is -2.18. The van der Waals surface area contributed by atoms with Crippen molar-refractivity contribution in [1.82, 2.24) is 0 Å². The molecule has 0 aliphatic carbocycles. The Morgan fingerprint density at radius 1 is 0.957 bits per heavy atom. The molecule has 122 valence electrons. The predicted octanol–water partition coefficient (Wildman–Crippen LogP) is 3.99. The van der Waals surface area contributed by atoms with Crippen LogP contribution >= 0.6 is 15.9 Å². The summed E-state index contributed by atoms with van der Waals surface area (Å²) in [6.45, 7) is 2.16. The maximum atomic E-state index is 12.3. The highest BCUT2D eigenvalue weighted by Crippen LogP contribution is 2.23. The molecule has 1 fully saturated rings. The van der Waals surface area contributed by atoms with Crippen LogP contribution in [0.3, 0.4) is 0 Å². The molecule has 0 amide bonds. The second-order valence-corrected chi connectivity index (χ2v) is 8.37. The molecule has 23 heavy (non-hydrogen) atoms. The van der Waals surface area contributed by atoms with Gasteiger partial charge in [-0.1, -0.05) is 28.1 Å². The largest absolute Gasteiger partial charge is 0.372 e. The molecule has 0 bridgehead atoms. The Hall–Kier alpha value is -1.53. The molecular formula is C17H19BrN2O2S. The second-order valence-electron chi connectivity index (χ2n) is 5.73. The van der Waals surface area contributed by atoms with Crippen molar-refractivity contribution in [2.75, 3.05) is 22.7 Å². The SMILES string of the molecule is O=S(=O)(Cc1ccc(Br)cc1)Nc1ccc(N2CCCC2)cc1. The molecule has 4 nitrogen and oxygen atoms in total. The normalized spacial score (nSPS) is 14.9. The van der Waals surface area contributed by atoms with Gasteiger partial charge in [-0.2, -0.15) is 0 Å². The molecule has 1 heterocycles. The Morgan fingerprint density at radius 2 is 1.57 bits per heavy atom. The van der Waals surface area contributed by atoms with Gasteiger partial charge in [-0.25, -0.2) is 8.42 Å². The first kappa shape index (κ1) is 16.3. The zero-order valence-electron chi connectivity index (χ0n) is 12.7. The van der Waals surface area contributed by atoms with E-state index in [9.17, 15) is 8.42 Å². The third-order valence-electron chi connectivity index (χ3n) is 3.88. The lowest BCUT2D eigenvalue weighted by molar-refractivity contribution is 0.600. The lowest BCUT2D eigenvalue weighted by atomic mass is 10.2. The van der Waals surface area contributed by atoms with Gasteiger partial charge in [-0.15, -0.1) is 0 Å². The van der Waals surface area contributed by atoms with Crippen LogP contribution in [-0.4, -0.2) is 21.5 Å². The molecule has 0 aromatic heterocycles. The Balaban J connectivity index is 1.66. The Bertz CT molecular complexity index is 752. The highest BCUT2D eigenvalue weighted by molar-refractivity contribution is 9.10. The monoisotopic (exact) mass is 394 g/mol. The van der Waals surface area contributed by atoms with Crippen LogP contribution in [-0.2, 0) is 15.8 Å². The summed E-state index contributed by atoms with van der Waals surface area (Å²) in [5, 5.41) is 0. The summed E-state index contributed by atoms with van der Waals surface area (Å²) in [6.07, 6.45) is 2.45. The van der Waals surface area contributed by atoms with Gasteiger partial charge in [0.15, 0.2) is 0 Å². The minimum atomic E-state index is -3.41. The average molecular weight is 395 g/mol. The number of halogens is 1. The third kappa shape index (κ3) is 4.48. The van der Waals surface area contributed by atoms with E-state index in [1.807, 2.05) is 36.4 Å². The van der Waals surface area contributed by atoms with Crippen molar-refractivity contribution >= 4 is 37.3 Å². The number of benzene rings is 2. The number of nitrogens with one attached hydrogen (secondary N) is 1. The van der Waals surface area contributed by atoms with Crippen molar-refractivity contribution in [1.29, 1.82) is 0 Å². The molecule has 1 N–H and O–H groups in total. The molecule has 0 spiro atoms. The van der Waals surface area contributed by atoms with Crippen molar-refractivity contribution in [3.05, 3.63) is 58.6 Å². The summed E-state index contributed by atoms with van der Waals surface area (Å²) in [5.74, 6) is -0.0336. The van der Waals surface area contributed by atoms with Gasteiger partial charge in [0.25, 0.3) is 0 Å². The molecule has 3 rings (SSSR count). The fourth-order valence-corrected chi connectivity index (χ4v) is 4.19. The van der Waals surface area contributed by atoms with E-state index in [1.54, 1.807) is 12.1 Å². The fraction of sp³-hybridized carbons (Fsp3) is 0.294. The molecule has 1 aliphatic rings. The molecule has 0 unspecified atom stereocenters. The lowest BCUT2D eigenvalue weighted by Crippen LogP contribution is -2.18. The number of sulfonamides is 1. The van der Waals surface area contributed by atoms with Crippen LogP contribution < -0.4 is 9.62 Å². The van der Waals surface area contributed by atoms with Crippen LogP contribution in [0.15, 0.2) is 53.0 Å². The van der Waals surface area contributed by atoms with Gasteiger partial charge in [0, 0.05) is 28.9 Å². The minimum absolute atomic E-state index is 0.0336. The summed E-state index contributed by atoms with van der Waals surface area (Å²) < 4.78 is 28.1. The standard InChI is InChI=1S/C17H19BrN2O2S/c18-15-5-3-14(4-6-15)13-23(21,22)19-16-7-9-17(10-8-16)20-11-1-2-12-20/h3-10,19H,1-2,11-13H2. The van der Waals surface area contributed by atoms with Gasteiger partial charge in [0.2, 0.25) is 10.0 Å². The van der Waals surface area contributed by atoms with E-state index in [4.69, 9.17) is 0 Å². The summed E-state index contributed by atoms with van der Waals surface area (Å²) in [4.78, 5) is 2.32. The molecule has 0 saturated carbocycles. The molecular weight excluding hydrogens is 376 g/mol. The van der Waals surface area contributed by atoms with Crippen molar-refractivity contribution in [3.8, 4) is 0 Å². The van der Waals surface area contributed by atoms with Gasteiger partial charge >= 0.3 is 0 Å². The fourth-order valence-electron chi connectivity index (χ4n) is 2.73. The van der Waals surface area contributed by atoms with Crippen LogP contribution in [0.2, 0.25) is 0 Å². The number of anilines is 2. The van der Waals surface area contributed by atoms with Crippen LogP contribution in [0.1, 0.15) is 18.4 Å². The maximum absolute atomic E-state index is 12.3. The van der Waals surface area contributed by atoms with Gasteiger partial charge in [0.1, 0.15) is 0 Å². The Morgan fingerprint density at radius 3 is 2.17 bits per heavy atom. The van der Waals surface area contributed by atoms with E-state index >= 15 is 0 Å². The first-order valence-corrected chi connectivity index (χ1v) is 10.1. The van der Waals surface area contributed by atoms with Crippen molar-refractivity contribution < 1.29 is 8.42 Å². The first-order valence-electron chi connectivity index (χ1n) is 7.62. The molecule has 0 radical (unpaired) electrons. The minimum Gasteiger partial charge on any atom is -0.372 e. The van der Waals surface area contributed by atoms with Crippen LogP contribution in [0.25, 0.3) is 0 Å². The highest BCUT2D eigenvalue weighted by Gasteiger charge is 2.14. The van der Waals surface area contributed by atoms with Gasteiger partial charge < -0.3 is 4.90 Å². The van der Waals surface area contributed by atoms with Crippen LogP contribution in [0.5, 0.6) is 0 Å². The molecule has 2 aromatic carbocycles. The van der Waals surface area contributed by atoms with E-state index in [0.717, 1.165) is 28.8 Å². The van der Waals surface area contributed by atoms with E-state index in [-0.39, 0.29) is 5.75 Å². The molecule has 6 heteroatoms. The predicted molar refractivity (Wildman–Crippen MR) is 98.3 cm³/mol. The van der Waals surface area contributed by atoms with Gasteiger partial charge in [0.05, 0.1) is 5.75 Å². The van der Waals surface area contributed by atoms with Gasteiger partial charge in [-0.3, -0.25) is 4.72 Å². The maximum Gasteiger partial charge on any atom is 0.236 e. The quantitative estimate of drug-likeness (QED) is 0.833. The van der Waals surface area contributed by atoms with Crippen molar-refractivity contribution in [2.45, 2.75) is 18.6 Å². The smallest absolute Gasteiger partial charge is 0.236 e. The Kier molecular flexibility index (Phi) is 4.92. The summed E-state index contributed by atoms with van der Waals surface area (Å²) >= 11 is 3.34. The number of rotatable bonds is 5. The number of hydrogen-bond acceptors (Lipinski definition) is 3. The third-order valence-corrected chi connectivity index (χ3v) is 5.67. The molecule has 1 aliphatic heterocycles.